The number of halogens is 1. The zero-order chi connectivity index (χ0) is 15.6. The van der Waals surface area contributed by atoms with Gasteiger partial charge in [-0.1, -0.05) is 18.5 Å². The predicted molar refractivity (Wildman–Crippen MR) is 77.2 cm³/mol. The molecule has 1 fully saturated rings. The zero-order valence-corrected chi connectivity index (χ0v) is 13.0. The smallest absolute Gasteiger partial charge is 0.337 e. The van der Waals surface area contributed by atoms with Gasteiger partial charge < -0.3 is 9.84 Å². The van der Waals surface area contributed by atoms with Crippen LogP contribution in [0.25, 0.3) is 0 Å². The number of ether oxygens (including phenoxy) is 1. The van der Waals surface area contributed by atoms with E-state index in [1.54, 1.807) is 0 Å². The molecule has 21 heavy (non-hydrogen) atoms. The molecular formula is C13H16ClNO5S. The van der Waals surface area contributed by atoms with Gasteiger partial charge in [0.25, 0.3) is 0 Å². The van der Waals surface area contributed by atoms with Gasteiger partial charge in [-0.05, 0) is 24.6 Å². The fourth-order valence-electron chi connectivity index (χ4n) is 2.24. The lowest BCUT2D eigenvalue weighted by Gasteiger charge is -2.34. The summed E-state index contributed by atoms with van der Waals surface area (Å²) in [6, 6.07) is 3.47. The third-order valence-electron chi connectivity index (χ3n) is 3.42. The minimum Gasteiger partial charge on any atom is -0.478 e. The Morgan fingerprint density at radius 2 is 2.24 bits per heavy atom. The number of hydrogen-bond acceptors (Lipinski definition) is 4. The van der Waals surface area contributed by atoms with Gasteiger partial charge in [0.2, 0.25) is 10.0 Å². The molecule has 1 saturated heterocycles. The molecule has 0 amide bonds. The first-order valence-electron chi connectivity index (χ1n) is 6.50. The quantitative estimate of drug-likeness (QED) is 0.908. The van der Waals surface area contributed by atoms with Crippen LogP contribution in [0.3, 0.4) is 0 Å². The second-order valence-corrected chi connectivity index (χ2v) is 7.00. The molecule has 0 radical (unpaired) electrons. The van der Waals surface area contributed by atoms with Crippen molar-refractivity contribution in [2.24, 2.45) is 0 Å². The number of morpholine rings is 1. The first-order valence-corrected chi connectivity index (χ1v) is 8.32. The van der Waals surface area contributed by atoms with E-state index in [2.05, 4.69) is 0 Å². The van der Waals surface area contributed by atoms with Crippen LogP contribution >= 0.6 is 11.6 Å². The number of benzene rings is 1. The van der Waals surface area contributed by atoms with Crippen LogP contribution in [0.4, 0.5) is 0 Å². The lowest BCUT2D eigenvalue weighted by molar-refractivity contribution is 0.0314. The highest BCUT2D eigenvalue weighted by Gasteiger charge is 2.33. The first-order chi connectivity index (χ1) is 9.87. The highest BCUT2D eigenvalue weighted by atomic mass is 35.5. The van der Waals surface area contributed by atoms with Gasteiger partial charge in [-0.25, -0.2) is 13.2 Å². The molecule has 2 rings (SSSR count). The molecule has 0 aliphatic carbocycles. The van der Waals surface area contributed by atoms with Crippen LogP contribution in [0, 0.1) is 0 Å². The van der Waals surface area contributed by atoms with Crippen LogP contribution in [-0.2, 0) is 14.8 Å². The Kier molecular flexibility index (Phi) is 4.88. The fraction of sp³-hybridized carbons (Fsp3) is 0.462. The average Bonchev–Trinajstić information content (AvgIpc) is 2.47. The minimum absolute atomic E-state index is 0.00969. The Morgan fingerprint density at radius 1 is 1.52 bits per heavy atom. The fourth-order valence-corrected chi connectivity index (χ4v) is 4.13. The van der Waals surface area contributed by atoms with E-state index in [9.17, 15) is 13.2 Å². The summed E-state index contributed by atoms with van der Waals surface area (Å²) in [4.78, 5) is 11.0. The number of carboxylic acid groups (broad SMARTS) is 1. The first kappa shape index (κ1) is 16.2. The SMILES string of the molecule is CCC1COCCN1S(=O)(=O)c1ccc(Cl)c(C(=O)O)c1. The van der Waals surface area contributed by atoms with Gasteiger partial charge in [-0.3, -0.25) is 0 Å². The molecule has 1 aliphatic rings. The van der Waals surface area contributed by atoms with Crippen molar-refractivity contribution < 1.29 is 23.1 Å². The van der Waals surface area contributed by atoms with Crippen molar-refractivity contribution in [1.82, 2.24) is 4.31 Å². The monoisotopic (exact) mass is 333 g/mol. The van der Waals surface area contributed by atoms with Crippen LogP contribution in [0.5, 0.6) is 0 Å². The van der Waals surface area contributed by atoms with Gasteiger partial charge in [-0.2, -0.15) is 4.31 Å². The summed E-state index contributed by atoms with van der Waals surface area (Å²) in [5.41, 5.74) is -0.223. The van der Waals surface area contributed by atoms with Gasteiger partial charge in [0.15, 0.2) is 0 Å². The molecule has 1 aliphatic heterocycles. The molecule has 6 nitrogen and oxygen atoms in total. The van der Waals surface area contributed by atoms with E-state index in [0.29, 0.717) is 19.6 Å². The molecule has 1 N–H and O–H groups in total. The molecule has 0 aromatic heterocycles. The molecule has 0 spiro atoms. The second kappa shape index (κ2) is 6.31. The number of carboxylic acids is 1. The topological polar surface area (TPSA) is 83.9 Å². The molecule has 1 aromatic rings. The van der Waals surface area contributed by atoms with Crippen molar-refractivity contribution in [3.63, 3.8) is 0 Å². The number of carbonyl (C=O) groups is 1. The summed E-state index contributed by atoms with van der Waals surface area (Å²) in [6.07, 6.45) is 0.624. The summed E-state index contributed by atoms with van der Waals surface area (Å²) >= 11 is 5.77. The summed E-state index contributed by atoms with van der Waals surface area (Å²) < 4.78 is 32.0. The zero-order valence-electron chi connectivity index (χ0n) is 11.5. The van der Waals surface area contributed by atoms with E-state index in [0.717, 1.165) is 6.07 Å². The van der Waals surface area contributed by atoms with E-state index in [4.69, 9.17) is 21.4 Å². The predicted octanol–water partition coefficient (Wildman–Crippen LogP) is 1.84. The van der Waals surface area contributed by atoms with E-state index in [1.807, 2.05) is 6.92 Å². The Labute approximate surface area is 128 Å². The van der Waals surface area contributed by atoms with E-state index < -0.39 is 16.0 Å². The lowest BCUT2D eigenvalue weighted by atomic mass is 10.2. The van der Waals surface area contributed by atoms with Crippen molar-refractivity contribution in [1.29, 1.82) is 0 Å². The maximum atomic E-state index is 12.7. The molecular weight excluding hydrogens is 318 g/mol. The van der Waals surface area contributed by atoms with Crippen LogP contribution in [0.1, 0.15) is 23.7 Å². The van der Waals surface area contributed by atoms with Crippen molar-refractivity contribution in [3.05, 3.63) is 28.8 Å². The molecule has 1 atom stereocenters. The van der Waals surface area contributed by atoms with Gasteiger partial charge >= 0.3 is 5.97 Å². The highest BCUT2D eigenvalue weighted by molar-refractivity contribution is 7.89. The molecule has 1 unspecified atom stereocenters. The molecule has 0 saturated carbocycles. The van der Waals surface area contributed by atoms with Crippen molar-refractivity contribution >= 4 is 27.6 Å². The molecule has 1 heterocycles. The number of nitrogens with zero attached hydrogens (tertiary/aromatic N) is 1. The number of rotatable bonds is 4. The Hall–Kier alpha value is -1.15. The largest absolute Gasteiger partial charge is 0.478 e. The van der Waals surface area contributed by atoms with Crippen molar-refractivity contribution in [3.8, 4) is 0 Å². The summed E-state index contributed by atoms with van der Waals surface area (Å²) in [5, 5.41) is 9.06. The van der Waals surface area contributed by atoms with Gasteiger partial charge in [-0.15, -0.1) is 0 Å². The van der Waals surface area contributed by atoms with E-state index in [-0.39, 0.29) is 28.1 Å². The van der Waals surface area contributed by atoms with E-state index in [1.165, 1.54) is 16.4 Å². The Morgan fingerprint density at radius 3 is 2.86 bits per heavy atom. The lowest BCUT2D eigenvalue weighted by Crippen LogP contribution is -2.48. The molecule has 116 valence electrons. The van der Waals surface area contributed by atoms with Crippen LogP contribution in [0.2, 0.25) is 5.02 Å². The number of hydrogen-bond donors (Lipinski definition) is 1. The van der Waals surface area contributed by atoms with Crippen LogP contribution in [-0.4, -0.2) is 49.6 Å². The van der Waals surface area contributed by atoms with E-state index >= 15 is 0 Å². The third-order valence-corrected chi connectivity index (χ3v) is 5.70. The van der Waals surface area contributed by atoms with Gasteiger partial charge in [0.05, 0.1) is 28.7 Å². The highest BCUT2D eigenvalue weighted by Crippen LogP contribution is 2.26. The molecule has 0 bridgehead atoms. The minimum atomic E-state index is -3.76. The summed E-state index contributed by atoms with van der Waals surface area (Å²) in [6.45, 7) is 2.81. The standard InChI is InChI=1S/C13H16ClNO5S/c1-2-9-8-20-6-5-15(9)21(18,19)10-3-4-12(14)11(7-10)13(16)17/h3-4,7,9H,2,5-6,8H2,1H3,(H,16,17). The third kappa shape index (κ3) is 3.21. The summed E-state index contributed by atoms with van der Waals surface area (Å²) in [7, 11) is -3.76. The number of sulfonamides is 1. The number of aromatic carboxylic acids is 1. The van der Waals surface area contributed by atoms with Crippen LogP contribution in [0.15, 0.2) is 23.1 Å². The second-order valence-electron chi connectivity index (χ2n) is 4.70. The van der Waals surface area contributed by atoms with Crippen LogP contribution < -0.4 is 0 Å². The van der Waals surface area contributed by atoms with Gasteiger partial charge in [0.1, 0.15) is 0 Å². The maximum absolute atomic E-state index is 12.7. The Bertz CT molecular complexity index is 646. The average molecular weight is 334 g/mol. The maximum Gasteiger partial charge on any atom is 0.337 e. The van der Waals surface area contributed by atoms with Crippen molar-refractivity contribution in [2.45, 2.75) is 24.3 Å². The molecule has 1 aromatic carbocycles. The Balaban J connectivity index is 2.43. The van der Waals surface area contributed by atoms with Crippen molar-refractivity contribution in [2.75, 3.05) is 19.8 Å². The molecule has 8 heteroatoms. The normalized spacial score (nSPS) is 20.4. The summed E-state index contributed by atoms with van der Waals surface area (Å²) in [5.74, 6) is -1.26. The van der Waals surface area contributed by atoms with Gasteiger partial charge in [0, 0.05) is 12.6 Å².